The van der Waals surface area contributed by atoms with Crippen molar-refractivity contribution in [3.63, 3.8) is 0 Å². The molecular formula is C19H21N3O4. The van der Waals surface area contributed by atoms with Gasteiger partial charge in [0.15, 0.2) is 0 Å². The second-order valence-electron chi connectivity index (χ2n) is 5.78. The zero-order valence-electron chi connectivity index (χ0n) is 14.5. The molecule has 1 fully saturated rings. The van der Waals surface area contributed by atoms with E-state index in [1.807, 2.05) is 18.2 Å². The summed E-state index contributed by atoms with van der Waals surface area (Å²) in [6.07, 6.45) is 1.53. The number of amides is 1. The number of hydrogen-bond donors (Lipinski definition) is 2. The Kier molecular flexibility index (Phi) is 5.70. The van der Waals surface area contributed by atoms with Gasteiger partial charge in [-0.25, -0.2) is 5.43 Å². The number of rotatable bonds is 5. The minimum Gasteiger partial charge on any atom is -0.508 e. The molecule has 0 atom stereocenters. The van der Waals surface area contributed by atoms with E-state index in [1.54, 1.807) is 19.2 Å². The number of carbonyl (C=O) groups is 1. The number of carbonyl (C=O) groups excluding carboxylic acids is 1. The summed E-state index contributed by atoms with van der Waals surface area (Å²) in [6, 6.07) is 11.9. The van der Waals surface area contributed by atoms with Crippen molar-refractivity contribution in [3.8, 4) is 11.5 Å². The number of methoxy groups -OCH3 is 1. The number of hydrazone groups is 1. The quantitative estimate of drug-likeness (QED) is 0.633. The van der Waals surface area contributed by atoms with Crippen LogP contribution in [0, 0.1) is 0 Å². The van der Waals surface area contributed by atoms with Crippen LogP contribution in [0.3, 0.4) is 0 Å². The highest BCUT2D eigenvalue weighted by atomic mass is 16.5. The second kappa shape index (κ2) is 8.35. The maximum absolute atomic E-state index is 12.0. The Morgan fingerprint density at radius 2 is 2.08 bits per heavy atom. The van der Waals surface area contributed by atoms with E-state index in [0.717, 1.165) is 24.3 Å². The summed E-state index contributed by atoms with van der Waals surface area (Å²) in [7, 11) is 1.60. The first-order valence-electron chi connectivity index (χ1n) is 8.30. The number of anilines is 1. The Morgan fingerprint density at radius 1 is 1.27 bits per heavy atom. The van der Waals surface area contributed by atoms with Crippen LogP contribution in [0.4, 0.5) is 5.69 Å². The molecule has 2 aromatic carbocycles. The highest BCUT2D eigenvalue weighted by Crippen LogP contribution is 2.25. The van der Waals surface area contributed by atoms with E-state index in [-0.39, 0.29) is 5.75 Å². The fraction of sp³-hybridized carbons (Fsp3) is 0.263. The lowest BCUT2D eigenvalue weighted by Gasteiger charge is -2.29. The summed E-state index contributed by atoms with van der Waals surface area (Å²) >= 11 is 0. The monoisotopic (exact) mass is 355 g/mol. The summed E-state index contributed by atoms with van der Waals surface area (Å²) < 4.78 is 10.8. The molecule has 0 spiro atoms. The first-order chi connectivity index (χ1) is 12.7. The number of nitrogens with one attached hydrogen (secondary N) is 1. The van der Waals surface area contributed by atoms with E-state index < -0.39 is 5.91 Å². The highest BCUT2D eigenvalue weighted by molar-refractivity contribution is 5.95. The molecule has 0 aromatic heterocycles. The van der Waals surface area contributed by atoms with Crippen LogP contribution in [0.25, 0.3) is 0 Å². The van der Waals surface area contributed by atoms with E-state index in [0.29, 0.717) is 24.5 Å². The van der Waals surface area contributed by atoms with Crippen LogP contribution in [0.15, 0.2) is 47.6 Å². The molecule has 1 aliphatic heterocycles. The summed E-state index contributed by atoms with van der Waals surface area (Å²) in [5.41, 5.74) is 4.58. The van der Waals surface area contributed by atoms with Crippen LogP contribution in [0.5, 0.6) is 11.5 Å². The Morgan fingerprint density at radius 3 is 2.81 bits per heavy atom. The van der Waals surface area contributed by atoms with Crippen molar-refractivity contribution in [2.24, 2.45) is 5.10 Å². The van der Waals surface area contributed by atoms with Gasteiger partial charge in [0.2, 0.25) is 0 Å². The van der Waals surface area contributed by atoms with Gasteiger partial charge in [-0.05, 0) is 30.3 Å². The van der Waals surface area contributed by atoms with Crippen molar-refractivity contribution in [3.05, 3.63) is 53.6 Å². The van der Waals surface area contributed by atoms with E-state index in [9.17, 15) is 9.90 Å². The minimum absolute atomic E-state index is 0.0296. The molecule has 136 valence electrons. The lowest BCUT2D eigenvalue weighted by Crippen LogP contribution is -2.36. The van der Waals surface area contributed by atoms with Gasteiger partial charge in [0.05, 0.1) is 26.5 Å². The number of nitrogens with zero attached hydrogens (tertiary/aromatic N) is 2. The fourth-order valence-electron chi connectivity index (χ4n) is 2.70. The largest absolute Gasteiger partial charge is 0.508 e. The van der Waals surface area contributed by atoms with E-state index in [1.165, 1.54) is 18.3 Å². The smallest absolute Gasteiger partial charge is 0.271 e. The van der Waals surface area contributed by atoms with Gasteiger partial charge in [0.25, 0.3) is 5.91 Å². The van der Waals surface area contributed by atoms with Crippen molar-refractivity contribution in [1.82, 2.24) is 5.43 Å². The van der Waals surface area contributed by atoms with Gasteiger partial charge in [-0.1, -0.05) is 6.07 Å². The average molecular weight is 355 g/mol. The van der Waals surface area contributed by atoms with Gasteiger partial charge >= 0.3 is 0 Å². The van der Waals surface area contributed by atoms with Gasteiger partial charge in [-0.3, -0.25) is 4.79 Å². The number of morpholine rings is 1. The zero-order valence-corrected chi connectivity index (χ0v) is 14.5. The number of aromatic hydroxyl groups is 1. The van der Waals surface area contributed by atoms with Gasteiger partial charge in [0, 0.05) is 36.0 Å². The van der Waals surface area contributed by atoms with Crippen molar-refractivity contribution in [2.75, 3.05) is 38.3 Å². The van der Waals surface area contributed by atoms with Crippen LogP contribution in [0.2, 0.25) is 0 Å². The Bertz CT molecular complexity index is 801. The van der Waals surface area contributed by atoms with Crippen molar-refractivity contribution in [1.29, 1.82) is 0 Å². The molecule has 3 rings (SSSR count). The predicted octanol–water partition coefficient (Wildman–Crippen LogP) is 2.00. The number of phenols is 1. The van der Waals surface area contributed by atoms with Crippen molar-refractivity contribution < 1.29 is 19.4 Å². The summed E-state index contributed by atoms with van der Waals surface area (Å²) in [6.45, 7) is 3.12. The topological polar surface area (TPSA) is 83.4 Å². The number of benzene rings is 2. The van der Waals surface area contributed by atoms with Gasteiger partial charge in [-0.15, -0.1) is 0 Å². The molecule has 1 saturated heterocycles. The Labute approximate surface area is 151 Å². The summed E-state index contributed by atoms with van der Waals surface area (Å²) in [5, 5.41) is 13.4. The Hall–Kier alpha value is -3.06. The molecular weight excluding hydrogens is 334 g/mol. The normalized spacial score (nSPS) is 14.4. The lowest BCUT2D eigenvalue weighted by atomic mass is 10.1. The van der Waals surface area contributed by atoms with E-state index in [4.69, 9.17) is 9.47 Å². The number of ether oxygens (including phenoxy) is 2. The van der Waals surface area contributed by atoms with E-state index >= 15 is 0 Å². The SMILES string of the molecule is COc1cc(N2CCOCC2)ccc1/C=N/NC(=O)c1cccc(O)c1. The summed E-state index contributed by atoms with van der Waals surface area (Å²) in [5.74, 6) is 0.299. The van der Waals surface area contributed by atoms with Crippen LogP contribution >= 0.6 is 0 Å². The third kappa shape index (κ3) is 4.31. The zero-order chi connectivity index (χ0) is 18.4. The third-order valence-corrected chi connectivity index (χ3v) is 4.07. The maximum Gasteiger partial charge on any atom is 0.271 e. The molecule has 2 aromatic rings. The molecule has 0 saturated carbocycles. The molecule has 26 heavy (non-hydrogen) atoms. The minimum atomic E-state index is -0.402. The van der Waals surface area contributed by atoms with E-state index in [2.05, 4.69) is 15.4 Å². The fourth-order valence-corrected chi connectivity index (χ4v) is 2.70. The van der Waals surface area contributed by atoms with Gasteiger partial charge in [-0.2, -0.15) is 5.10 Å². The first-order valence-corrected chi connectivity index (χ1v) is 8.30. The van der Waals surface area contributed by atoms with Crippen LogP contribution in [0.1, 0.15) is 15.9 Å². The molecule has 7 nitrogen and oxygen atoms in total. The summed E-state index contributed by atoms with van der Waals surface area (Å²) in [4.78, 5) is 14.2. The standard InChI is InChI=1S/C19H21N3O4/c1-25-18-12-16(22-7-9-26-10-8-22)6-5-15(18)13-20-21-19(24)14-3-2-4-17(23)11-14/h2-6,11-13,23H,7-10H2,1H3,(H,21,24)/b20-13+. The number of hydrogen-bond acceptors (Lipinski definition) is 6. The van der Waals surface area contributed by atoms with Crippen molar-refractivity contribution in [2.45, 2.75) is 0 Å². The number of phenolic OH excluding ortho intramolecular Hbond substituents is 1. The van der Waals surface area contributed by atoms with Crippen LogP contribution < -0.4 is 15.1 Å². The van der Waals surface area contributed by atoms with Crippen LogP contribution in [-0.2, 0) is 4.74 Å². The maximum atomic E-state index is 12.0. The second-order valence-corrected chi connectivity index (χ2v) is 5.78. The van der Waals surface area contributed by atoms with Crippen LogP contribution in [-0.4, -0.2) is 50.6 Å². The molecule has 0 aliphatic carbocycles. The lowest BCUT2D eigenvalue weighted by molar-refractivity contribution is 0.0954. The van der Waals surface area contributed by atoms with Gasteiger partial charge < -0.3 is 19.5 Å². The molecule has 1 aliphatic rings. The predicted molar refractivity (Wildman–Crippen MR) is 99.2 cm³/mol. The highest BCUT2D eigenvalue weighted by Gasteiger charge is 2.13. The first kappa shape index (κ1) is 17.8. The van der Waals surface area contributed by atoms with Crippen molar-refractivity contribution >= 4 is 17.8 Å². The molecule has 0 unspecified atom stereocenters. The van der Waals surface area contributed by atoms with Gasteiger partial charge in [0.1, 0.15) is 11.5 Å². The Balaban J connectivity index is 1.68. The molecule has 1 amide bonds. The molecule has 7 heteroatoms. The third-order valence-electron chi connectivity index (χ3n) is 4.07. The average Bonchev–Trinajstić information content (AvgIpc) is 2.68. The molecule has 2 N–H and O–H groups in total. The molecule has 0 bridgehead atoms. The molecule has 1 heterocycles. The molecule has 0 radical (unpaired) electrons.